The highest BCUT2D eigenvalue weighted by Gasteiger charge is 2.28. The van der Waals surface area contributed by atoms with Gasteiger partial charge in [-0.25, -0.2) is 0 Å². The molecular weight excluding hydrogens is 250 g/mol. The van der Waals surface area contributed by atoms with Crippen molar-refractivity contribution in [2.24, 2.45) is 0 Å². The maximum atomic E-state index is 11.9. The Hall–Kier alpha value is -1.40. The van der Waals surface area contributed by atoms with Crippen molar-refractivity contribution >= 4 is 28.4 Å². The van der Waals surface area contributed by atoms with Crippen LogP contribution in [0.3, 0.4) is 0 Å². The third-order valence-electron chi connectivity index (χ3n) is 2.92. The van der Waals surface area contributed by atoms with Gasteiger partial charge in [0.2, 0.25) is 0 Å². The second kappa shape index (κ2) is 5.07. The smallest absolute Gasteiger partial charge is 0.258 e. The molecule has 0 saturated carbocycles. The number of ether oxygens (including phenoxy) is 1. The highest BCUT2D eigenvalue weighted by atomic mass is 32.2. The van der Waals surface area contributed by atoms with Gasteiger partial charge >= 0.3 is 0 Å². The lowest BCUT2D eigenvalue weighted by Gasteiger charge is -2.26. The summed E-state index contributed by atoms with van der Waals surface area (Å²) in [6, 6.07) is 0.102. The van der Waals surface area contributed by atoms with Crippen LogP contribution in [0.25, 0.3) is 0 Å². The molecule has 5 nitrogen and oxygen atoms in total. The van der Waals surface area contributed by atoms with Crippen LogP contribution in [0, 0.1) is 5.41 Å². The zero-order valence-electron chi connectivity index (χ0n) is 10.4. The van der Waals surface area contributed by atoms with Crippen molar-refractivity contribution in [3.05, 3.63) is 22.1 Å². The minimum Gasteiger partial charge on any atom is -0.377 e. The third kappa shape index (κ3) is 2.54. The normalized spacial score (nSPS) is 22.3. The van der Waals surface area contributed by atoms with Crippen molar-refractivity contribution in [1.29, 1.82) is 5.41 Å². The van der Waals surface area contributed by atoms with E-state index >= 15 is 0 Å². The van der Waals surface area contributed by atoms with E-state index < -0.39 is 0 Å². The summed E-state index contributed by atoms with van der Waals surface area (Å²) in [6.45, 7) is 4.78. The summed E-state index contributed by atoms with van der Waals surface area (Å²) in [5.74, 6) is -0.143. The Balaban J connectivity index is 2.13. The van der Waals surface area contributed by atoms with E-state index in [-0.39, 0.29) is 11.9 Å². The van der Waals surface area contributed by atoms with Gasteiger partial charge in [-0.3, -0.25) is 15.6 Å². The number of allylic oxidation sites excluding steroid dienone is 2. The Morgan fingerprint density at radius 1 is 1.56 bits per heavy atom. The van der Waals surface area contributed by atoms with Crippen molar-refractivity contribution in [1.82, 2.24) is 5.32 Å². The average molecular weight is 266 g/mol. The fraction of sp³-hybridized carbons (Fsp3) is 0.417. The van der Waals surface area contributed by atoms with Crippen molar-refractivity contribution < 1.29 is 14.9 Å². The molecule has 4 N–H and O–H groups in total. The molecule has 1 saturated heterocycles. The first-order chi connectivity index (χ1) is 8.49. The number of nitrogens with one attached hydrogen (secondary N) is 2. The lowest BCUT2D eigenvalue weighted by molar-refractivity contribution is -0.120. The van der Waals surface area contributed by atoms with Gasteiger partial charge in [0.15, 0.2) is 5.71 Å². The minimum absolute atomic E-state index is 0.102. The molecule has 0 aliphatic carbocycles. The average Bonchev–Trinajstić information content (AvgIpc) is 2.64. The van der Waals surface area contributed by atoms with Crippen LogP contribution in [-0.2, 0) is 9.53 Å². The standard InChI is InChI=1S/C12H15N3O2S/c1-6(7(2)13)9-3-10(18-11(9)14)12(16)15-8-4-17-5-8/h3,8,13-14H,4-5H2,1-2H3,(H,15,16)/p+1/b9-6-,13-7?,14-11?. The van der Waals surface area contributed by atoms with E-state index in [0.29, 0.717) is 28.9 Å². The first-order valence-corrected chi connectivity index (χ1v) is 6.48. The largest absolute Gasteiger partial charge is 0.377 e. The number of thioether (sulfide) groups is 1. The molecule has 1 amide bonds. The van der Waals surface area contributed by atoms with Crippen LogP contribution >= 0.6 is 11.8 Å². The molecule has 2 aliphatic heterocycles. The number of hydrogen-bond acceptors (Lipinski definition) is 4. The van der Waals surface area contributed by atoms with Gasteiger partial charge in [0, 0.05) is 18.1 Å². The van der Waals surface area contributed by atoms with Crippen LogP contribution in [0.5, 0.6) is 0 Å². The number of hydrogen-bond donors (Lipinski definition) is 3. The summed E-state index contributed by atoms with van der Waals surface area (Å²) in [6.07, 6.45) is 1.73. The maximum absolute atomic E-state index is 11.9. The molecule has 0 atom stereocenters. The molecule has 0 aromatic rings. The van der Waals surface area contributed by atoms with Crippen LogP contribution in [0.4, 0.5) is 0 Å². The lowest BCUT2D eigenvalue weighted by Crippen LogP contribution is -2.48. The third-order valence-corrected chi connectivity index (χ3v) is 3.87. The molecular formula is C12H16N3O2S+. The van der Waals surface area contributed by atoms with Crippen LogP contribution < -0.4 is 10.7 Å². The molecule has 6 heteroatoms. The summed E-state index contributed by atoms with van der Waals surface area (Å²) in [7, 11) is 0. The highest BCUT2D eigenvalue weighted by molar-refractivity contribution is 8.18. The van der Waals surface area contributed by atoms with E-state index in [1.807, 2.05) is 6.92 Å². The van der Waals surface area contributed by atoms with Gasteiger partial charge in [-0.2, -0.15) is 0 Å². The predicted octanol–water partition coefficient (Wildman–Crippen LogP) is -0.354. The van der Waals surface area contributed by atoms with Crippen molar-refractivity contribution in [2.75, 3.05) is 13.2 Å². The second-order valence-corrected chi connectivity index (χ2v) is 5.42. The molecule has 2 rings (SSSR count). The van der Waals surface area contributed by atoms with Crippen molar-refractivity contribution in [2.45, 2.75) is 19.9 Å². The summed E-state index contributed by atoms with van der Waals surface area (Å²) in [4.78, 5) is 12.5. The Kier molecular flexibility index (Phi) is 3.68. The van der Waals surface area contributed by atoms with Crippen LogP contribution in [-0.4, -0.2) is 35.9 Å². The van der Waals surface area contributed by atoms with E-state index in [0.717, 1.165) is 11.1 Å². The fourth-order valence-electron chi connectivity index (χ4n) is 1.57. The molecule has 0 aromatic carbocycles. The maximum Gasteiger partial charge on any atom is 0.258 e. The van der Waals surface area contributed by atoms with Gasteiger partial charge in [0.1, 0.15) is 0 Å². The van der Waals surface area contributed by atoms with E-state index in [4.69, 9.17) is 15.6 Å². The van der Waals surface area contributed by atoms with E-state index in [9.17, 15) is 4.79 Å². The molecule has 0 spiro atoms. The van der Waals surface area contributed by atoms with Gasteiger partial charge in [-0.05, 0) is 13.0 Å². The van der Waals surface area contributed by atoms with Crippen LogP contribution in [0.15, 0.2) is 22.1 Å². The highest BCUT2D eigenvalue weighted by Crippen LogP contribution is 2.32. The van der Waals surface area contributed by atoms with E-state index in [2.05, 4.69) is 5.32 Å². The quantitative estimate of drug-likeness (QED) is 0.610. The van der Waals surface area contributed by atoms with Crippen LogP contribution in [0.2, 0.25) is 0 Å². The van der Waals surface area contributed by atoms with Crippen molar-refractivity contribution in [3.8, 4) is 0 Å². The van der Waals surface area contributed by atoms with Gasteiger partial charge in [0.25, 0.3) is 5.91 Å². The number of carbonyl (C=O) groups is 1. The van der Waals surface area contributed by atoms with Gasteiger partial charge < -0.3 is 10.1 Å². The van der Waals surface area contributed by atoms with Gasteiger partial charge in [-0.15, -0.1) is 0 Å². The van der Waals surface area contributed by atoms with Crippen molar-refractivity contribution in [3.63, 3.8) is 0 Å². The lowest BCUT2D eigenvalue weighted by atomic mass is 10.1. The zero-order valence-corrected chi connectivity index (χ0v) is 11.2. The molecule has 2 heterocycles. The summed E-state index contributed by atoms with van der Waals surface area (Å²) in [5, 5.41) is 16.8. The number of nitrogens with two attached hydrogens (primary N) is 1. The first kappa shape index (κ1) is 13.0. The summed E-state index contributed by atoms with van der Waals surface area (Å²) >= 11 is 1.17. The van der Waals surface area contributed by atoms with E-state index in [1.54, 1.807) is 13.0 Å². The topological polar surface area (TPSA) is 87.8 Å². The number of carbonyl (C=O) groups excluding carboxylic acids is 1. The molecule has 0 aromatic heterocycles. The Labute approximate surface area is 110 Å². The first-order valence-electron chi connectivity index (χ1n) is 5.66. The molecule has 1 fully saturated rings. The molecule has 0 unspecified atom stereocenters. The summed E-state index contributed by atoms with van der Waals surface area (Å²) < 4.78 is 5.00. The molecule has 2 aliphatic rings. The molecule has 0 radical (unpaired) electrons. The van der Waals surface area contributed by atoms with Crippen LogP contribution in [0.1, 0.15) is 13.8 Å². The Bertz CT molecular complexity index is 490. The Morgan fingerprint density at radius 3 is 2.72 bits per heavy atom. The zero-order chi connectivity index (χ0) is 13.3. The Morgan fingerprint density at radius 2 is 2.22 bits per heavy atom. The monoisotopic (exact) mass is 266 g/mol. The number of amides is 1. The second-order valence-electron chi connectivity index (χ2n) is 4.37. The minimum atomic E-state index is -0.143. The molecule has 96 valence electrons. The van der Waals surface area contributed by atoms with Gasteiger partial charge in [-0.1, -0.05) is 11.8 Å². The number of rotatable bonds is 3. The predicted molar refractivity (Wildman–Crippen MR) is 71.5 cm³/mol. The summed E-state index contributed by atoms with van der Waals surface area (Å²) in [5.41, 5.74) is 2.25. The van der Waals surface area contributed by atoms with E-state index in [1.165, 1.54) is 11.8 Å². The molecule has 0 bridgehead atoms. The SMILES string of the molecule is CC(=[NH2+])/C(C)=C1/C=C(C(=O)NC2COC2)SC1=N. The fourth-order valence-corrected chi connectivity index (χ4v) is 2.44. The molecule has 18 heavy (non-hydrogen) atoms. The van der Waals surface area contributed by atoms with Gasteiger partial charge in [0.05, 0.1) is 29.2 Å².